The van der Waals surface area contributed by atoms with E-state index in [4.69, 9.17) is 0 Å². The fraction of sp³-hybridized carbons (Fsp3) is 0.786. The minimum absolute atomic E-state index is 0.436. The second kappa shape index (κ2) is 4.81. The van der Waals surface area contributed by atoms with Crippen LogP contribution in [0.2, 0.25) is 0 Å². The molecule has 1 heterocycles. The van der Waals surface area contributed by atoms with E-state index in [1.165, 1.54) is 31.4 Å². The van der Waals surface area contributed by atoms with Gasteiger partial charge in [-0.3, -0.25) is 4.68 Å². The third kappa shape index (κ3) is 2.89. The van der Waals surface area contributed by atoms with Crippen LogP contribution in [-0.4, -0.2) is 15.8 Å². The first-order valence-electron chi connectivity index (χ1n) is 6.72. The molecule has 0 saturated heterocycles. The number of aryl methyl sites for hydroxylation is 2. The number of rotatable bonds is 3. The van der Waals surface area contributed by atoms with E-state index in [1.54, 1.807) is 0 Å². The standard InChI is InChI=1S/C14H25N3/c1-11-9-12(17(4)16-11)10-15-13-7-5-6-8-14(13,2)3/h9,13,15H,5-8,10H2,1-4H3. The Morgan fingerprint density at radius 2 is 2.24 bits per heavy atom. The summed E-state index contributed by atoms with van der Waals surface area (Å²) in [5.41, 5.74) is 2.82. The maximum Gasteiger partial charge on any atom is 0.0597 e. The third-order valence-electron chi connectivity index (χ3n) is 4.14. The first-order valence-corrected chi connectivity index (χ1v) is 6.72. The molecule has 3 nitrogen and oxygen atoms in total. The first-order chi connectivity index (χ1) is 7.99. The van der Waals surface area contributed by atoms with E-state index in [9.17, 15) is 0 Å². The Labute approximate surface area is 105 Å². The molecule has 0 amide bonds. The zero-order valence-corrected chi connectivity index (χ0v) is 11.6. The molecule has 1 fully saturated rings. The van der Waals surface area contributed by atoms with Crippen molar-refractivity contribution in [3.05, 3.63) is 17.5 Å². The summed E-state index contributed by atoms with van der Waals surface area (Å²) in [5.74, 6) is 0. The molecule has 2 rings (SSSR count). The molecule has 1 aromatic heterocycles. The highest BCUT2D eigenvalue weighted by atomic mass is 15.3. The van der Waals surface area contributed by atoms with E-state index in [1.807, 2.05) is 18.7 Å². The molecule has 0 aromatic carbocycles. The van der Waals surface area contributed by atoms with Crippen LogP contribution < -0.4 is 5.32 Å². The molecule has 1 atom stereocenters. The van der Waals surface area contributed by atoms with E-state index in [0.29, 0.717) is 11.5 Å². The molecule has 0 radical (unpaired) electrons. The zero-order chi connectivity index (χ0) is 12.5. The second-order valence-electron chi connectivity index (χ2n) is 6.07. The van der Waals surface area contributed by atoms with Gasteiger partial charge in [0, 0.05) is 19.6 Å². The van der Waals surface area contributed by atoms with Crippen molar-refractivity contribution in [3.63, 3.8) is 0 Å². The van der Waals surface area contributed by atoms with Gasteiger partial charge in [0.05, 0.1) is 11.4 Å². The highest BCUT2D eigenvalue weighted by Gasteiger charge is 2.31. The van der Waals surface area contributed by atoms with Crippen LogP contribution in [0.15, 0.2) is 6.07 Å². The van der Waals surface area contributed by atoms with Gasteiger partial charge >= 0.3 is 0 Å². The van der Waals surface area contributed by atoms with Crippen molar-refractivity contribution in [2.45, 2.75) is 59.0 Å². The molecule has 1 aliphatic carbocycles. The van der Waals surface area contributed by atoms with Gasteiger partial charge in [-0.15, -0.1) is 0 Å². The molecule has 1 aliphatic rings. The fourth-order valence-corrected chi connectivity index (χ4v) is 2.93. The molecule has 3 heteroatoms. The summed E-state index contributed by atoms with van der Waals surface area (Å²) in [6.45, 7) is 7.76. The summed E-state index contributed by atoms with van der Waals surface area (Å²) in [4.78, 5) is 0. The van der Waals surface area contributed by atoms with Crippen molar-refractivity contribution in [2.24, 2.45) is 12.5 Å². The van der Waals surface area contributed by atoms with Gasteiger partial charge in [0.2, 0.25) is 0 Å². The van der Waals surface area contributed by atoms with Crippen molar-refractivity contribution >= 4 is 0 Å². The SMILES string of the molecule is Cc1cc(CNC2CCCCC2(C)C)n(C)n1. The van der Waals surface area contributed by atoms with Crippen molar-refractivity contribution in [1.29, 1.82) is 0 Å². The average Bonchev–Trinajstić information content (AvgIpc) is 2.55. The lowest BCUT2D eigenvalue weighted by molar-refractivity contribution is 0.166. The van der Waals surface area contributed by atoms with Gasteiger partial charge in [-0.2, -0.15) is 5.10 Å². The third-order valence-corrected chi connectivity index (χ3v) is 4.14. The summed E-state index contributed by atoms with van der Waals surface area (Å²) < 4.78 is 1.98. The first kappa shape index (κ1) is 12.6. The summed E-state index contributed by atoms with van der Waals surface area (Å²) in [5, 5.41) is 8.11. The van der Waals surface area contributed by atoms with Crippen LogP contribution in [-0.2, 0) is 13.6 Å². The smallest absolute Gasteiger partial charge is 0.0597 e. The minimum atomic E-state index is 0.436. The number of aromatic nitrogens is 2. The van der Waals surface area contributed by atoms with Crippen LogP contribution in [0.5, 0.6) is 0 Å². The van der Waals surface area contributed by atoms with Crippen molar-refractivity contribution < 1.29 is 0 Å². The van der Waals surface area contributed by atoms with Crippen molar-refractivity contribution in [3.8, 4) is 0 Å². The molecule has 96 valence electrons. The predicted molar refractivity (Wildman–Crippen MR) is 70.8 cm³/mol. The Morgan fingerprint density at radius 3 is 2.82 bits per heavy atom. The molecule has 0 aliphatic heterocycles. The molecule has 17 heavy (non-hydrogen) atoms. The molecule has 1 N–H and O–H groups in total. The normalized spacial score (nSPS) is 23.9. The maximum atomic E-state index is 4.39. The van der Waals surface area contributed by atoms with Crippen LogP contribution in [0.4, 0.5) is 0 Å². The largest absolute Gasteiger partial charge is 0.308 e. The lowest BCUT2D eigenvalue weighted by Gasteiger charge is -2.39. The summed E-state index contributed by atoms with van der Waals surface area (Å²) in [6.07, 6.45) is 5.40. The monoisotopic (exact) mass is 235 g/mol. The van der Waals surface area contributed by atoms with E-state index in [-0.39, 0.29) is 0 Å². The van der Waals surface area contributed by atoms with Crippen LogP contribution >= 0.6 is 0 Å². The van der Waals surface area contributed by atoms with E-state index >= 15 is 0 Å². The van der Waals surface area contributed by atoms with Gasteiger partial charge in [-0.1, -0.05) is 26.7 Å². The van der Waals surface area contributed by atoms with Crippen LogP contribution in [0.25, 0.3) is 0 Å². The molecule has 0 bridgehead atoms. The quantitative estimate of drug-likeness (QED) is 0.873. The molecule has 1 aromatic rings. The van der Waals surface area contributed by atoms with Gasteiger partial charge in [-0.05, 0) is 31.2 Å². The highest BCUT2D eigenvalue weighted by Crippen LogP contribution is 2.35. The maximum absolute atomic E-state index is 4.39. The topological polar surface area (TPSA) is 29.9 Å². The fourth-order valence-electron chi connectivity index (χ4n) is 2.93. The predicted octanol–water partition coefficient (Wildman–Crippen LogP) is 2.79. The summed E-state index contributed by atoms with van der Waals surface area (Å²) in [6, 6.07) is 2.81. The summed E-state index contributed by atoms with van der Waals surface area (Å²) in [7, 11) is 2.02. The Hall–Kier alpha value is -0.830. The number of nitrogens with zero attached hydrogens (tertiary/aromatic N) is 2. The van der Waals surface area contributed by atoms with Gasteiger partial charge in [0.15, 0.2) is 0 Å². The van der Waals surface area contributed by atoms with Crippen LogP contribution in [0.3, 0.4) is 0 Å². The van der Waals surface area contributed by atoms with Gasteiger partial charge in [0.25, 0.3) is 0 Å². The number of hydrogen-bond donors (Lipinski definition) is 1. The van der Waals surface area contributed by atoms with E-state index in [0.717, 1.165) is 12.2 Å². The number of nitrogens with one attached hydrogen (secondary N) is 1. The molecule has 1 saturated carbocycles. The second-order valence-corrected chi connectivity index (χ2v) is 6.07. The minimum Gasteiger partial charge on any atom is -0.308 e. The van der Waals surface area contributed by atoms with Crippen LogP contribution in [0, 0.1) is 12.3 Å². The Bertz CT molecular complexity index is 379. The molecular weight excluding hydrogens is 210 g/mol. The molecular formula is C14H25N3. The van der Waals surface area contributed by atoms with Crippen molar-refractivity contribution in [2.75, 3.05) is 0 Å². The van der Waals surface area contributed by atoms with Crippen molar-refractivity contribution in [1.82, 2.24) is 15.1 Å². The lowest BCUT2D eigenvalue weighted by Crippen LogP contribution is -2.43. The van der Waals surface area contributed by atoms with E-state index in [2.05, 4.69) is 30.3 Å². The average molecular weight is 235 g/mol. The Kier molecular flexibility index (Phi) is 3.57. The Balaban J connectivity index is 1.95. The highest BCUT2D eigenvalue weighted by molar-refractivity contribution is 5.08. The van der Waals surface area contributed by atoms with E-state index < -0.39 is 0 Å². The van der Waals surface area contributed by atoms with Gasteiger partial charge < -0.3 is 5.32 Å². The van der Waals surface area contributed by atoms with Gasteiger partial charge in [0.1, 0.15) is 0 Å². The Morgan fingerprint density at radius 1 is 1.47 bits per heavy atom. The zero-order valence-electron chi connectivity index (χ0n) is 11.6. The molecule has 1 unspecified atom stereocenters. The van der Waals surface area contributed by atoms with Crippen LogP contribution in [0.1, 0.15) is 50.9 Å². The lowest BCUT2D eigenvalue weighted by atomic mass is 9.73. The van der Waals surface area contributed by atoms with Gasteiger partial charge in [-0.25, -0.2) is 0 Å². The summed E-state index contributed by atoms with van der Waals surface area (Å²) >= 11 is 0. The molecule has 0 spiro atoms. The number of hydrogen-bond acceptors (Lipinski definition) is 2.